The fourth-order valence-corrected chi connectivity index (χ4v) is 2.00. The number of hydrogen-bond acceptors (Lipinski definition) is 5. The van der Waals surface area contributed by atoms with Crippen LogP contribution in [0.25, 0.3) is 0 Å². The first-order valence-corrected chi connectivity index (χ1v) is 6.67. The van der Waals surface area contributed by atoms with E-state index in [2.05, 4.69) is 0 Å². The molecule has 0 fully saturated rings. The zero-order valence-corrected chi connectivity index (χ0v) is 13.2. The van der Waals surface area contributed by atoms with E-state index in [0.29, 0.717) is 22.6 Å². The van der Waals surface area contributed by atoms with Crippen LogP contribution in [-0.2, 0) is 9.53 Å². The Labute approximate surface area is 129 Å². The lowest BCUT2D eigenvalue weighted by atomic mass is 10.1. The minimum absolute atomic E-state index is 0.190. The Hall–Kier alpha value is -2.28. The van der Waals surface area contributed by atoms with Crippen LogP contribution < -0.4 is 9.47 Å². The topological polar surface area (TPSA) is 85.3 Å². The molecule has 22 heavy (non-hydrogen) atoms. The summed E-state index contributed by atoms with van der Waals surface area (Å²) in [6.45, 7) is 1.81. The van der Waals surface area contributed by atoms with Gasteiger partial charge in [-0.15, -0.1) is 0 Å². The quantitative estimate of drug-likeness (QED) is 0.776. The second-order valence-electron chi connectivity index (χ2n) is 4.64. The molecule has 7 heteroatoms. The zero-order valence-electron chi connectivity index (χ0n) is 13.2. The lowest BCUT2D eigenvalue weighted by molar-refractivity contribution is -0.137. The highest BCUT2D eigenvalue weighted by molar-refractivity contribution is 5.97. The van der Waals surface area contributed by atoms with E-state index in [0.717, 1.165) is 0 Å². The first kappa shape index (κ1) is 17.8. The normalized spacial score (nSPS) is 10.2. The molecule has 0 aliphatic heterocycles. The maximum atomic E-state index is 12.6. The molecule has 0 heterocycles. The molecule has 0 aliphatic carbocycles. The second-order valence-corrected chi connectivity index (χ2v) is 4.64. The molecule has 7 nitrogen and oxygen atoms in total. The van der Waals surface area contributed by atoms with E-state index in [1.54, 1.807) is 19.1 Å². The van der Waals surface area contributed by atoms with Crippen LogP contribution in [0.1, 0.15) is 15.9 Å². The van der Waals surface area contributed by atoms with Gasteiger partial charge < -0.3 is 24.2 Å². The molecule has 122 valence electrons. The average molecular weight is 311 g/mol. The van der Waals surface area contributed by atoms with Gasteiger partial charge in [-0.2, -0.15) is 0 Å². The van der Waals surface area contributed by atoms with Gasteiger partial charge >= 0.3 is 5.97 Å². The fourth-order valence-electron chi connectivity index (χ4n) is 2.00. The maximum Gasteiger partial charge on any atom is 0.323 e. The summed E-state index contributed by atoms with van der Waals surface area (Å²) in [5.41, 5.74) is 1.05. The van der Waals surface area contributed by atoms with Crippen molar-refractivity contribution in [1.82, 2.24) is 4.90 Å². The van der Waals surface area contributed by atoms with Crippen molar-refractivity contribution in [3.05, 3.63) is 23.3 Å². The lowest BCUT2D eigenvalue weighted by Gasteiger charge is -2.22. The van der Waals surface area contributed by atoms with Gasteiger partial charge in [0.05, 0.1) is 20.8 Å². The van der Waals surface area contributed by atoms with Crippen molar-refractivity contribution < 1.29 is 28.9 Å². The van der Waals surface area contributed by atoms with Crippen molar-refractivity contribution in [2.75, 3.05) is 41.0 Å². The molecule has 0 unspecified atom stereocenters. The van der Waals surface area contributed by atoms with Crippen molar-refractivity contribution in [2.45, 2.75) is 6.92 Å². The minimum Gasteiger partial charge on any atom is -0.493 e. The second kappa shape index (κ2) is 8.23. The smallest absolute Gasteiger partial charge is 0.323 e. The number of benzene rings is 1. The molecule has 0 atom stereocenters. The van der Waals surface area contributed by atoms with Crippen LogP contribution >= 0.6 is 0 Å². The predicted molar refractivity (Wildman–Crippen MR) is 79.7 cm³/mol. The van der Waals surface area contributed by atoms with E-state index in [1.807, 2.05) is 0 Å². The number of carbonyl (C=O) groups is 2. The number of carbonyl (C=O) groups excluding carboxylic acids is 1. The van der Waals surface area contributed by atoms with Gasteiger partial charge in [0.1, 0.15) is 6.54 Å². The molecule has 0 bridgehead atoms. The Bertz CT molecular complexity index is 543. The van der Waals surface area contributed by atoms with Crippen molar-refractivity contribution in [2.24, 2.45) is 0 Å². The summed E-state index contributed by atoms with van der Waals surface area (Å²) in [6.07, 6.45) is 0. The fraction of sp³-hybridized carbons (Fsp3) is 0.467. The molecule has 0 saturated carbocycles. The minimum atomic E-state index is -1.08. The van der Waals surface area contributed by atoms with Crippen molar-refractivity contribution in [3.8, 4) is 11.5 Å². The number of nitrogens with zero attached hydrogens (tertiary/aromatic N) is 1. The molecule has 0 radical (unpaired) electrons. The van der Waals surface area contributed by atoms with Crippen LogP contribution in [0.3, 0.4) is 0 Å². The molecule has 0 spiro atoms. The van der Waals surface area contributed by atoms with E-state index in [9.17, 15) is 9.59 Å². The van der Waals surface area contributed by atoms with Gasteiger partial charge in [0.25, 0.3) is 5.91 Å². The first-order chi connectivity index (χ1) is 10.4. The van der Waals surface area contributed by atoms with Gasteiger partial charge in [0.2, 0.25) is 0 Å². The molecule has 1 rings (SSSR count). The molecular weight excluding hydrogens is 290 g/mol. The number of aryl methyl sites for hydroxylation is 1. The summed E-state index contributed by atoms with van der Waals surface area (Å²) >= 11 is 0. The predicted octanol–water partition coefficient (Wildman–Crippen LogP) is 1.19. The number of rotatable bonds is 8. The largest absolute Gasteiger partial charge is 0.493 e. The van der Waals surface area contributed by atoms with Gasteiger partial charge in [-0.05, 0) is 24.6 Å². The van der Waals surface area contributed by atoms with E-state index >= 15 is 0 Å². The highest BCUT2D eigenvalue weighted by atomic mass is 16.5. The highest BCUT2D eigenvalue weighted by Crippen LogP contribution is 2.30. The molecule has 0 aromatic heterocycles. The van der Waals surface area contributed by atoms with Crippen LogP contribution in [0.4, 0.5) is 0 Å². The summed E-state index contributed by atoms with van der Waals surface area (Å²) in [7, 11) is 4.47. The highest BCUT2D eigenvalue weighted by Gasteiger charge is 2.22. The Morgan fingerprint density at radius 2 is 1.73 bits per heavy atom. The van der Waals surface area contributed by atoms with Gasteiger partial charge in [-0.1, -0.05) is 0 Å². The Morgan fingerprint density at radius 1 is 1.14 bits per heavy atom. The Balaban J connectivity index is 3.14. The maximum absolute atomic E-state index is 12.6. The average Bonchev–Trinajstić information content (AvgIpc) is 2.49. The van der Waals surface area contributed by atoms with Crippen LogP contribution in [0.5, 0.6) is 11.5 Å². The van der Waals surface area contributed by atoms with Crippen LogP contribution in [0, 0.1) is 6.92 Å². The van der Waals surface area contributed by atoms with E-state index in [-0.39, 0.29) is 13.2 Å². The Morgan fingerprint density at radius 3 is 2.23 bits per heavy atom. The van der Waals surface area contributed by atoms with Gasteiger partial charge in [-0.3, -0.25) is 9.59 Å². The molecule has 1 aromatic carbocycles. The van der Waals surface area contributed by atoms with Gasteiger partial charge in [0, 0.05) is 19.2 Å². The summed E-state index contributed by atoms with van der Waals surface area (Å²) < 4.78 is 15.3. The lowest BCUT2D eigenvalue weighted by Crippen LogP contribution is -2.38. The third-order valence-electron chi connectivity index (χ3n) is 3.14. The van der Waals surface area contributed by atoms with E-state index < -0.39 is 18.4 Å². The SMILES string of the molecule is COCCN(CC(=O)O)C(=O)c1cc(OC)c(OC)cc1C. The van der Waals surface area contributed by atoms with Gasteiger partial charge in [-0.25, -0.2) is 0 Å². The number of carboxylic acids is 1. The zero-order chi connectivity index (χ0) is 16.7. The third-order valence-corrected chi connectivity index (χ3v) is 3.14. The van der Waals surface area contributed by atoms with Crippen LogP contribution in [0.2, 0.25) is 0 Å². The third kappa shape index (κ3) is 4.36. The standard InChI is InChI=1S/C15H21NO6/c1-10-7-12(21-3)13(22-4)8-11(10)15(19)16(5-6-20-2)9-14(17)18/h7-8H,5-6,9H2,1-4H3,(H,17,18). The van der Waals surface area contributed by atoms with E-state index in [1.165, 1.54) is 26.2 Å². The van der Waals surface area contributed by atoms with Crippen molar-refractivity contribution in [3.63, 3.8) is 0 Å². The first-order valence-electron chi connectivity index (χ1n) is 6.67. The van der Waals surface area contributed by atoms with Crippen LogP contribution in [-0.4, -0.2) is 62.9 Å². The summed E-state index contributed by atoms with van der Waals surface area (Å²) in [4.78, 5) is 24.7. The molecule has 1 N–H and O–H groups in total. The van der Waals surface area contributed by atoms with Crippen molar-refractivity contribution >= 4 is 11.9 Å². The molecule has 1 aromatic rings. The molecular formula is C15H21NO6. The van der Waals surface area contributed by atoms with Crippen LogP contribution in [0.15, 0.2) is 12.1 Å². The molecule has 0 saturated heterocycles. The summed E-state index contributed by atoms with van der Waals surface area (Å²) in [5, 5.41) is 8.95. The number of carboxylic acid groups (broad SMARTS) is 1. The number of amides is 1. The number of hydrogen-bond donors (Lipinski definition) is 1. The molecule has 0 aliphatic rings. The van der Waals surface area contributed by atoms with Gasteiger partial charge in [0.15, 0.2) is 11.5 Å². The van der Waals surface area contributed by atoms with E-state index in [4.69, 9.17) is 19.3 Å². The number of ether oxygens (including phenoxy) is 3. The Kier molecular flexibility index (Phi) is 6.65. The molecule has 1 amide bonds. The summed E-state index contributed by atoms with van der Waals surface area (Å²) in [6, 6.07) is 3.24. The number of methoxy groups -OCH3 is 3. The number of aliphatic carboxylic acids is 1. The summed E-state index contributed by atoms with van der Waals surface area (Å²) in [5.74, 6) is -0.544. The van der Waals surface area contributed by atoms with Crippen molar-refractivity contribution in [1.29, 1.82) is 0 Å². The monoisotopic (exact) mass is 311 g/mol.